The number of Topliss-reactive ketones (excluding diaryl/α,β-unsaturated/α-hetero) is 1. The quantitative estimate of drug-likeness (QED) is 0.136. The maximum atomic E-state index is 13.3. The second kappa shape index (κ2) is 14.6. The van der Waals surface area contributed by atoms with E-state index in [2.05, 4.69) is 11.7 Å². The molecule has 186 valence electrons. The highest BCUT2D eigenvalue weighted by atomic mass is 16.5. The number of rotatable bonds is 14. The topological polar surface area (TPSA) is 116 Å². The van der Waals surface area contributed by atoms with Crippen LogP contribution in [0.2, 0.25) is 0 Å². The molecule has 1 saturated carbocycles. The maximum Gasteiger partial charge on any atom is 0.320 e. The van der Waals surface area contributed by atoms with Gasteiger partial charge in [-0.3, -0.25) is 19.2 Å². The summed E-state index contributed by atoms with van der Waals surface area (Å²) in [4.78, 5) is 49.8. The summed E-state index contributed by atoms with van der Waals surface area (Å²) in [6, 6.07) is 0. The van der Waals surface area contributed by atoms with Gasteiger partial charge in [0.25, 0.3) is 0 Å². The van der Waals surface area contributed by atoms with E-state index in [1.165, 1.54) is 21.3 Å². The molecule has 0 radical (unpaired) electrons. The predicted octanol–water partition coefficient (Wildman–Crippen LogP) is 3.31. The molecule has 0 bridgehead atoms. The van der Waals surface area contributed by atoms with Gasteiger partial charge >= 0.3 is 17.9 Å². The van der Waals surface area contributed by atoms with E-state index < -0.39 is 41.1 Å². The molecule has 1 fully saturated rings. The van der Waals surface area contributed by atoms with Gasteiger partial charge in [-0.2, -0.15) is 0 Å². The molecule has 33 heavy (non-hydrogen) atoms. The van der Waals surface area contributed by atoms with Crippen molar-refractivity contribution in [1.82, 2.24) is 0 Å². The van der Waals surface area contributed by atoms with Gasteiger partial charge < -0.3 is 19.3 Å². The molecule has 0 aliphatic heterocycles. The summed E-state index contributed by atoms with van der Waals surface area (Å²) in [5, 5.41) is 10.3. The molecule has 1 rings (SSSR count). The van der Waals surface area contributed by atoms with E-state index in [-0.39, 0.29) is 25.2 Å². The molecule has 0 aromatic heterocycles. The Labute approximate surface area is 196 Å². The summed E-state index contributed by atoms with van der Waals surface area (Å²) in [6.45, 7) is 2.08. The van der Waals surface area contributed by atoms with Gasteiger partial charge in [0.05, 0.1) is 27.4 Å². The summed E-state index contributed by atoms with van der Waals surface area (Å²) in [5.41, 5.74) is -1.58. The van der Waals surface area contributed by atoms with Crippen LogP contribution in [0.1, 0.15) is 64.7 Å². The van der Waals surface area contributed by atoms with Crippen LogP contribution in [0.15, 0.2) is 24.3 Å². The molecule has 4 unspecified atom stereocenters. The Morgan fingerprint density at radius 1 is 1.09 bits per heavy atom. The van der Waals surface area contributed by atoms with Crippen LogP contribution in [-0.4, -0.2) is 56.2 Å². The summed E-state index contributed by atoms with van der Waals surface area (Å²) in [7, 11) is 3.75. The van der Waals surface area contributed by atoms with Crippen molar-refractivity contribution in [2.75, 3.05) is 21.3 Å². The van der Waals surface area contributed by atoms with E-state index >= 15 is 0 Å². The van der Waals surface area contributed by atoms with Crippen molar-refractivity contribution in [3.05, 3.63) is 24.3 Å². The largest absolute Gasteiger partial charge is 0.469 e. The van der Waals surface area contributed by atoms with E-state index in [0.29, 0.717) is 19.3 Å². The minimum atomic E-state index is -1.58. The SMILES string of the molecule is CCCCCC(O)C=CC1CC(C(=O)OC)C(=O)C1(CC=CCCCC(=O)OC)C(=O)OC. The maximum absolute atomic E-state index is 13.3. The lowest BCUT2D eigenvalue weighted by molar-refractivity contribution is -0.160. The molecular weight excluding hydrogens is 428 g/mol. The van der Waals surface area contributed by atoms with E-state index in [1.807, 2.05) is 0 Å². The van der Waals surface area contributed by atoms with Crippen molar-refractivity contribution in [1.29, 1.82) is 0 Å². The monoisotopic (exact) mass is 466 g/mol. The molecule has 0 saturated heterocycles. The van der Waals surface area contributed by atoms with Crippen molar-refractivity contribution in [3.8, 4) is 0 Å². The van der Waals surface area contributed by atoms with Crippen molar-refractivity contribution < 1.29 is 38.5 Å². The van der Waals surface area contributed by atoms with E-state index in [1.54, 1.807) is 24.3 Å². The summed E-state index contributed by atoms with van der Waals surface area (Å²) >= 11 is 0. The number of unbranched alkanes of at least 4 members (excludes halogenated alkanes) is 3. The normalized spacial score (nSPS) is 23.7. The lowest BCUT2D eigenvalue weighted by atomic mass is 9.73. The third kappa shape index (κ3) is 7.81. The first kappa shape index (κ1) is 28.6. The molecule has 4 atom stereocenters. The molecule has 0 aromatic rings. The number of ketones is 1. The fraction of sp³-hybridized carbons (Fsp3) is 0.680. The third-order valence-corrected chi connectivity index (χ3v) is 6.17. The Kier molecular flexibility index (Phi) is 12.7. The summed E-state index contributed by atoms with van der Waals surface area (Å²) in [5.74, 6) is -3.93. The average Bonchev–Trinajstić information content (AvgIpc) is 3.10. The highest BCUT2D eigenvalue weighted by molar-refractivity contribution is 6.14. The second-order valence-electron chi connectivity index (χ2n) is 8.34. The zero-order valence-electron chi connectivity index (χ0n) is 20.2. The summed E-state index contributed by atoms with van der Waals surface area (Å²) in [6.07, 6.45) is 11.1. The van der Waals surface area contributed by atoms with Crippen LogP contribution in [0, 0.1) is 17.3 Å². The van der Waals surface area contributed by atoms with Gasteiger partial charge in [-0.05, 0) is 32.1 Å². The Balaban J connectivity index is 3.11. The van der Waals surface area contributed by atoms with E-state index in [9.17, 15) is 24.3 Å². The van der Waals surface area contributed by atoms with Crippen LogP contribution in [0.4, 0.5) is 0 Å². The fourth-order valence-electron chi connectivity index (χ4n) is 4.23. The summed E-state index contributed by atoms with van der Waals surface area (Å²) < 4.78 is 14.4. The lowest BCUT2D eigenvalue weighted by Gasteiger charge is -2.28. The number of aliphatic hydroxyl groups excluding tert-OH is 1. The zero-order valence-corrected chi connectivity index (χ0v) is 20.2. The second-order valence-corrected chi connectivity index (χ2v) is 8.34. The van der Waals surface area contributed by atoms with Crippen LogP contribution < -0.4 is 0 Å². The van der Waals surface area contributed by atoms with Gasteiger partial charge in [-0.15, -0.1) is 0 Å². The predicted molar refractivity (Wildman–Crippen MR) is 122 cm³/mol. The molecule has 1 N–H and O–H groups in total. The Morgan fingerprint density at radius 3 is 2.42 bits per heavy atom. The van der Waals surface area contributed by atoms with Crippen LogP contribution in [0.3, 0.4) is 0 Å². The van der Waals surface area contributed by atoms with Gasteiger partial charge in [0.15, 0.2) is 5.78 Å². The number of esters is 3. The Hall–Kier alpha value is -2.48. The van der Waals surface area contributed by atoms with Crippen LogP contribution in [0.25, 0.3) is 0 Å². The van der Waals surface area contributed by atoms with Crippen LogP contribution in [0.5, 0.6) is 0 Å². The van der Waals surface area contributed by atoms with Gasteiger partial charge in [0, 0.05) is 12.3 Å². The minimum Gasteiger partial charge on any atom is -0.469 e. The number of hydrogen-bond acceptors (Lipinski definition) is 8. The molecule has 0 amide bonds. The van der Waals surface area contributed by atoms with Crippen LogP contribution in [-0.2, 0) is 33.4 Å². The van der Waals surface area contributed by atoms with Crippen molar-refractivity contribution >= 4 is 23.7 Å². The first-order valence-electron chi connectivity index (χ1n) is 11.6. The number of ether oxygens (including phenoxy) is 3. The van der Waals surface area contributed by atoms with Crippen molar-refractivity contribution in [2.24, 2.45) is 17.3 Å². The van der Waals surface area contributed by atoms with E-state index in [4.69, 9.17) is 9.47 Å². The number of aliphatic hydroxyl groups is 1. The average molecular weight is 467 g/mol. The zero-order chi connectivity index (χ0) is 24.9. The first-order valence-corrected chi connectivity index (χ1v) is 11.6. The molecular formula is C25H38O8. The standard InChI is InChI=1S/C25H38O8/c1-5-6-9-12-19(26)15-14-18-17-20(23(29)32-3)22(28)25(18,24(30)33-4)16-11-8-7-10-13-21(27)31-2/h8,11,14-15,18-20,26H,5-7,9-10,12-13,16-17H2,1-4H3. The first-order chi connectivity index (χ1) is 15.8. The van der Waals surface area contributed by atoms with Gasteiger partial charge in [-0.1, -0.05) is 50.5 Å². The number of allylic oxidation sites excluding steroid dienone is 3. The highest BCUT2D eigenvalue weighted by Crippen LogP contribution is 2.48. The highest BCUT2D eigenvalue weighted by Gasteiger charge is 2.61. The minimum absolute atomic E-state index is 0.0468. The van der Waals surface area contributed by atoms with E-state index in [0.717, 1.165) is 19.3 Å². The van der Waals surface area contributed by atoms with Gasteiger partial charge in [-0.25, -0.2) is 0 Å². The smallest absolute Gasteiger partial charge is 0.320 e. The molecule has 0 heterocycles. The Bertz CT molecular complexity index is 726. The molecule has 8 nitrogen and oxygen atoms in total. The third-order valence-electron chi connectivity index (χ3n) is 6.17. The number of methoxy groups -OCH3 is 3. The number of carbonyl (C=O) groups excluding carboxylic acids is 4. The van der Waals surface area contributed by atoms with Crippen LogP contribution >= 0.6 is 0 Å². The number of hydrogen-bond donors (Lipinski definition) is 1. The molecule has 1 aliphatic rings. The van der Waals surface area contributed by atoms with Crippen molar-refractivity contribution in [3.63, 3.8) is 0 Å². The van der Waals surface area contributed by atoms with Gasteiger partial charge in [0.1, 0.15) is 11.3 Å². The van der Waals surface area contributed by atoms with Gasteiger partial charge in [0.2, 0.25) is 0 Å². The Morgan fingerprint density at radius 2 is 1.82 bits per heavy atom. The fourth-order valence-corrected chi connectivity index (χ4v) is 4.23. The molecule has 8 heteroatoms. The van der Waals surface area contributed by atoms with Crippen molar-refractivity contribution in [2.45, 2.75) is 70.8 Å². The molecule has 0 spiro atoms. The number of carbonyl (C=O) groups is 4. The molecule has 0 aromatic carbocycles. The molecule has 1 aliphatic carbocycles. The lowest BCUT2D eigenvalue weighted by Crippen LogP contribution is -2.43.